The van der Waals surface area contributed by atoms with E-state index in [9.17, 15) is 9.90 Å². The van der Waals surface area contributed by atoms with Gasteiger partial charge in [-0.25, -0.2) is 4.98 Å². The molecule has 29 heavy (non-hydrogen) atoms. The van der Waals surface area contributed by atoms with E-state index in [-0.39, 0.29) is 17.4 Å². The summed E-state index contributed by atoms with van der Waals surface area (Å²) < 4.78 is 6.67. The van der Waals surface area contributed by atoms with Crippen molar-refractivity contribution in [3.05, 3.63) is 81.3 Å². The van der Waals surface area contributed by atoms with Crippen LogP contribution in [0.1, 0.15) is 20.9 Å². The number of hydrogen-bond acceptors (Lipinski definition) is 5. The Kier molecular flexibility index (Phi) is 5.51. The van der Waals surface area contributed by atoms with E-state index in [0.717, 1.165) is 22.5 Å². The number of rotatable bonds is 5. The van der Waals surface area contributed by atoms with Crippen molar-refractivity contribution in [3.8, 4) is 11.5 Å². The number of para-hydroxylation sites is 1. The van der Waals surface area contributed by atoms with Crippen molar-refractivity contribution in [3.63, 3.8) is 0 Å². The zero-order valence-corrected chi connectivity index (χ0v) is 17.9. The van der Waals surface area contributed by atoms with Gasteiger partial charge in [0, 0.05) is 17.7 Å². The van der Waals surface area contributed by atoms with Crippen LogP contribution in [0.3, 0.4) is 0 Å². The van der Waals surface area contributed by atoms with Gasteiger partial charge in [-0.05, 0) is 57.9 Å². The molecule has 0 unspecified atom stereocenters. The van der Waals surface area contributed by atoms with Crippen LogP contribution in [0.5, 0.6) is 11.5 Å². The quantitative estimate of drug-likeness (QED) is 0.398. The number of nitrogens with zero attached hydrogens (tertiary/aromatic N) is 1. The number of carbonyl (C=O) groups excluding carboxylic acids is 1. The van der Waals surface area contributed by atoms with Gasteiger partial charge in [0.2, 0.25) is 0 Å². The van der Waals surface area contributed by atoms with Gasteiger partial charge < -0.3 is 15.2 Å². The lowest BCUT2D eigenvalue weighted by Crippen LogP contribution is -2.12. The maximum absolute atomic E-state index is 12.5. The van der Waals surface area contributed by atoms with Crippen LogP contribution in [0, 0.1) is 0 Å². The number of fused-ring (bicyclic) bond motifs is 1. The molecule has 0 saturated carbocycles. The summed E-state index contributed by atoms with van der Waals surface area (Å²) in [4.78, 5) is 17.2. The summed E-state index contributed by atoms with van der Waals surface area (Å²) in [6.07, 6.45) is 0.746. The zero-order chi connectivity index (χ0) is 20.4. The highest BCUT2D eigenvalue weighted by molar-refractivity contribution is 9.10. The highest BCUT2D eigenvalue weighted by Crippen LogP contribution is 2.35. The van der Waals surface area contributed by atoms with Gasteiger partial charge in [0.05, 0.1) is 26.8 Å². The summed E-state index contributed by atoms with van der Waals surface area (Å²) in [5.74, 6) is -0.0955. The molecule has 1 amide bonds. The van der Waals surface area contributed by atoms with Gasteiger partial charge in [0.15, 0.2) is 11.5 Å². The Morgan fingerprint density at radius 1 is 1.17 bits per heavy atom. The number of carbonyl (C=O) groups is 1. The number of ether oxygens (including phenoxy) is 1. The summed E-state index contributed by atoms with van der Waals surface area (Å²) in [6, 6.07) is 18.8. The number of thiazole rings is 1. The Hall–Kier alpha value is -2.90. The Bertz CT molecular complexity index is 1160. The smallest absolute Gasteiger partial charge is 0.255 e. The average molecular weight is 469 g/mol. The number of aromatic nitrogens is 1. The van der Waals surface area contributed by atoms with Crippen LogP contribution in [0.15, 0.2) is 65.1 Å². The fourth-order valence-electron chi connectivity index (χ4n) is 2.94. The molecule has 0 fully saturated rings. The normalized spacial score (nSPS) is 10.8. The van der Waals surface area contributed by atoms with Gasteiger partial charge >= 0.3 is 0 Å². The molecule has 146 valence electrons. The minimum Gasteiger partial charge on any atom is -0.503 e. The molecule has 0 atom stereocenters. The predicted molar refractivity (Wildman–Crippen MR) is 119 cm³/mol. The van der Waals surface area contributed by atoms with Crippen LogP contribution >= 0.6 is 27.3 Å². The lowest BCUT2D eigenvalue weighted by molar-refractivity contribution is 0.102. The summed E-state index contributed by atoms with van der Waals surface area (Å²) in [6.45, 7) is 0. The van der Waals surface area contributed by atoms with Crippen molar-refractivity contribution in [2.24, 2.45) is 0 Å². The van der Waals surface area contributed by atoms with E-state index in [0.29, 0.717) is 15.7 Å². The van der Waals surface area contributed by atoms with E-state index in [1.165, 1.54) is 17.9 Å². The van der Waals surface area contributed by atoms with E-state index in [1.807, 2.05) is 42.5 Å². The molecule has 0 saturated heterocycles. The summed E-state index contributed by atoms with van der Waals surface area (Å²) in [7, 11) is 1.44. The second-order valence-electron chi connectivity index (χ2n) is 6.41. The van der Waals surface area contributed by atoms with Crippen LogP contribution < -0.4 is 10.1 Å². The third kappa shape index (κ3) is 4.26. The van der Waals surface area contributed by atoms with Gasteiger partial charge in [-0.3, -0.25) is 4.79 Å². The molecule has 3 aromatic carbocycles. The Morgan fingerprint density at radius 3 is 2.66 bits per heavy atom. The molecule has 1 heterocycles. The molecule has 0 radical (unpaired) electrons. The second-order valence-corrected chi connectivity index (χ2v) is 8.38. The first-order valence-electron chi connectivity index (χ1n) is 8.85. The monoisotopic (exact) mass is 468 g/mol. The zero-order valence-electron chi connectivity index (χ0n) is 15.5. The molecule has 0 aliphatic rings. The number of methoxy groups -OCH3 is 1. The molecule has 4 aromatic rings. The van der Waals surface area contributed by atoms with Crippen molar-refractivity contribution < 1.29 is 14.6 Å². The first-order valence-corrected chi connectivity index (χ1v) is 10.5. The highest BCUT2D eigenvalue weighted by Gasteiger charge is 2.14. The largest absolute Gasteiger partial charge is 0.503 e. The van der Waals surface area contributed by atoms with Crippen LogP contribution in [-0.4, -0.2) is 23.1 Å². The molecule has 5 nitrogen and oxygen atoms in total. The fourth-order valence-corrected chi connectivity index (χ4v) is 4.38. The summed E-state index contributed by atoms with van der Waals surface area (Å²) >= 11 is 4.92. The van der Waals surface area contributed by atoms with E-state index in [2.05, 4.69) is 32.3 Å². The molecular weight excluding hydrogens is 452 g/mol. The van der Waals surface area contributed by atoms with Gasteiger partial charge in [-0.15, -0.1) is 11.3 Å². The van der Waals surface area contributed by atoms with Crippen molar-refractivity contribution in [2.45, 2.75) is 6.42 Å². The molecule has 0 aliphatic heterocycles. The van der Waals surface area contributed by atoms with Crippen molar-refractivity contribution in [1.29, 1.82) is 0 Å². The average Bonchev–Trinajstić information content (AvgIpc) is 3.13. The fraction of sp³-hybridized carbons (Fsp3) is 0.0909. The van der Waals surface area contributed by atoms with E-state index in [1.54, 1.807) is 17.4 Å². The molecule has 0 spiro atoms. The number of anilines is 1. The first-order chi connectivity index (χ1) is 14.0. The molecule has 7 heteroatoms. The molecule has 0 bridgehead atoms. The maximum Gasteiger partial charge on any atom is 0.255 e. The summed E-state index contributed by atoms with van der Waals surface area (Å²) in [5.41, 5.74) is 3.21. The molecule has 2 N–H and O–H groups in total. The maximum atomic E-state index is 12.5. The second kappa shape index (κ2) is 8.23. The number of benzene rings is 3. The van der Waals surface area contributed by atoms with E-state index >= 15 is 0 Å². The van der Waals surface area contributed by atoms with Crippen LogP contribution in [0.25, 0.3) is 10.2 Å². The number of nitrogens with one attached hydrogen (secondary N) is 1. The van der Waals surface area contributed by atoms with Crippen LogP contribution in [-0.2, 0) is 6.42 Å². The Morgan fingerprint density at radius 2 is 1.93 bits per heavy atom. The van der Waals surface area contributed by atoms with E-state index < -0.39 is 0 Å². The third-order valence-corrected chi connectivity index (χ3v) is 6.06. The van der Waals surface area contributed by atoms with Crippen molar-refractivity contribution in [1.82, 2.24) is 4.98 Å². The minimum atomic E-state index is -0.289. The topological polar surface area (TPSA) is 71.5 Å². The van der Waals surface area contributed by atoms with Crippen LogP contribution in [0.4, 0.5) is 5.69 Å². The van der Waals surface area contributed by atoms with Gasteiger partial charge in [-0.1, -0.05) is 24.3 Å². The third-order valence-electron chi connectivity index (χ3n) is 4.42. The number of phenols is 1. The number of phenolic OH excluding ortho intramolecular Hbond substituents is 1. The molecule has 4 rings (SSSR count). The minimum absolute atomic E-state index is 0.0387. The standard InChI is InChI=1S/C22H17BrN2O3S/c1-28-18-12-14(11-16(23)21(18)26)22(27)24-15-8-6-13(7-9-15)10-20-25-17-4-2-3-5-19(17)29-20/h2-9,11-12,26H,10H2,1H3,(H,24,27). The number of hydrogen-bond donors (Lipinski definition) is 2. The first kappa shape index (κ1) is 19.4. The van der Waals surface area contributed by atoms with E-state index in [4.69, 9.17) is 4.74 Å². The number of amides is 1. The SMILES string of the molecule is COc1cc(C(=O)Nc2ccc(Cc3nc4ccccc4s3)cc2)cc(Br)c1O. The highest BCUT2D eigenvalue weighted by atomic mass is 79.9. The van der Waals surface area contributed by atoms with Crippen molar-refractivity contribution >= 4 is 49.1 Å². The Balaban J connectivity index is 1.46. The van der Waals surface area contributed by atoms with Crippen molar-refractivity contribution in [2.75, 3.05) is 12.4 Å². The van der Waals surface area contributed by atoms with Crippen LogP contribution in [0.2, 0.25) is 0 Å². The lowest BCUT2D eigenvalue weighted by atomic mass is 10.1. The lowest BCUT2D eigenvalue weighted by Gasteiger charge is -2.10. The predicted octanol–water partition coefficient (Wildman–Crippen LogP) is 5.62. The number of aromatic hydroxyl groups is 1. The Labute approximate surface area is 180 Å². The number of halogens is 1. The molecule has 1 aromatic heterocycles. The van der Waals surface area contributed by atoms with Gasteiger partial charge in [0.25, 0.3) is 5.91 Å². The summed E-state index contributed by atoms with van der Waals surface area (Å²) in [5, 5.41) is 13.8. The van der Waals surface area contributed by atoms with Gasteiger partial charge in [-0.2, -0.15) is 0 Å². The van der Waals surface area contributed by atoms with Gasteiger partial charge in [0.1, 0.15) is 0 Å². The molecular formula is C22H17BrN2O3S. The molecule has 0 aliphatic carbocycles.